The van der Waals surface area contributed by atoms with Gasteiger partial charge in [0.25, 0.3) is 0 Å². The average molecular weight is 284 g/mol. The standard InChI is InChI=1S/C17H18O2.C2H6/c1-14(18)7-8-15-9-11-17(12-10-15)19-13-16-5-3-2-4-6-16;1-2/h2-6,9-12H,7-8,13H2,1H3;1-2H3. The quantitative estimate of drug-likeness (QED) is 0.760. The van der Waals surface area contributed by atoms with Gasteiger partial charge in [0, 0.05) is 6.42 Å². The second kappa shape index (κ2) is 9.76. The van der Waals surface area contributed by atoms with Crippen molar-refractivity contribution < 1.29 is 9.53 Å². The zero-order chi connectivity index (χ0) is 15.5. The highest BCUT2D eigenvalue weighted by molar-refractivity contribution is 5.75. The Balaban J connectivity index is 0.00000106. The predicted octanol–water partition coefficient (Wildman–Crippen LogP) is 4.81. The van der Waals surface area contributed by atoms with Gasteiger partial charge in [-0.15, -0.1) is 0 Å². The summed E-state index contributed by atoms with van der Waals surface area (Å²) in [5.41, 5.74) is 2.32. The van der Waals surface area contributed by atoms with Gasteiger partial charge in [-0.05, 0) is 36.6 Å². The highest BCUT2D eigenvalue weighted by Gasteiger charge is 1.99. The zero-order valence-electron chi connectivity index (χ0n) is 13.1. The lowest BCUT2D eigenvalue weighted by atomic mass is 10.1. The molecule has 0 N–H and O–H groups in total. The van der Waals surface area contributed by atoms with E-state index in [-0.39, 0.29) is 5.78 Å². The van der Waals surface area contributed by atoms with Crippen LogP contribution in [-0.2, 0) is 17.8 Å². The number of Topliss-reactive ketones (excluding diaryl/α,β-unsaturated/α-hetero) is 1. The maximum atomic E-state index is 10.9. The summed E-state index contributed by atoms with van der Waals surface area (Å²) in [6, 6.07) is 18.0. The lowest BCUT2D eigenvalue weighted by molar-refractivity contribution is -0.116. The maximum absolute atomic E-state index is 10.9. The molecule has 2 heteroatoms. The first kappa shape index (κ1) is 17.0. The highest BCUT2D eigenvalue weighted by Crippen LogP contribution is 2.15. The molecule has 2 rings (SSSR count). The Labute approximate surface area is 127 Å². The summed E-state index contributed by atoms with van der Waals surface area (Å²) in [4.78, 5) is 10.9. The number of hydrogen-bond donors (Lipinski definition) is 0. The van der Waals surface area contributed by atoms with Crippen LogP contribution in [0.15, 0.2) is 54.6 Å². The van der Waals surface area contributed by atoms with E-state index in [0.717, 1.165) is 17.7 Å². The average Bonchev–Trinajstić information content (AvgIpc) is 2.55. The number of hydrogen-bond acceptors (Lipinski definition) is 2. The Hall–Kier alpha value is -2.09. The van der Waals surface area contributed by atoms with E-state index in [1.165, 1.54) is 5.56 Å². The number of carbonyl (C=O) groups excluding carboxylic acids is 1. The fraction of sp³-hybridized carbons (Fsp3) is 0.316. The van der Waals surface area contributed by atoms with Crippen molar-refractivity contribution in [2.24, 2.45) is 0 Å². The second-order valence-electron chi connectivity index (χ2n) is 4.62. The first-order valence-electron chi connectivity index (χ1n) is 7.49. The van der Waals surface area contributed by atoms with Crippen LogP contribution in [0.1, 0.15) is 38.3 Å². The Morgan fingerprint density at radius 3 is 2.10 bits per heavy atom. The lowest BCUT2D eigenvalue weighted by Crippen LogP contribution is -1.96. The van der Waals surface area contributed by atoms with Gasteiger partial charge in [-0.2, -0.15) is 0 Å². The van der Waals surface area contributed by atoms with Crippen molar-refractivity contribution in [3.8, 4) is 5.75 Å². The molecule has 0 atom stereocenters. The smallest absolute Gasteiger partial charge is 0.130 e. The van der Waals surface area contributed by atoms with E-state index < -0.39 is 0 Å². The molecule has 0 radical (unpaired) electrons. The Kier molecular flexibility index (Phi) is 7.88. The summed E-state index contributed by atoms with van der Waals surface area (Å²) < 4.78 is 5.71. The Morgan fingerprint density at radius 1 is 0.905 bits per heavy atom. The third kappa shape index (κ3) is 6.75. The summed E-state index contributed by atoms with van der Waals surface area (Å²) in [6.07, 6.45) is 1.40. The SMILES string of the molecule is CC.CC(=O)CCc1ccc(OCc2ccccc2)cc1. The molecule has 0 unspecified atom stereocenters. The van der Waals surface area contributed by atoms with Gasteiger partial charge < -0.3 is 9.53 Å². The summed E-state index contributed by atoms with van der Waals surface area (Å²) in [7, 11) is 0. The molecule has 0 saturated heterocycles. The first-order valence-corrected chi connectivity index (χ1v) is 7.49. The van der Waals surface area contributed by atoms with Crippen LogP contribution < -0.4 is 4.74 Å². The molecule has 2 nitrogen and oxygen atoms in total. The molecule has 0 spiro atoms. The topological polar surface area (TPSA) is 26.3 Å². The van der Waals surface area contributed by atoms with Crippen LogP contribution in [-0.4, -0.2) is 5.78 Å². The normalized spacial score (nSPS) is 9.48. The molecule has 0 heterocycles. The molecule has 0 bridgehead atoms. The van der Waals surface area contributed by atoms with Crippen molar-refractivity contribution >= 4 is 5.78 Å². The first-order chi connectivity index (χ1) is 10.2. The number of aryl methyl sites for hydroxylation is 1. The summed E-state index contributed by atoms with van der Waals surface area (Å²) in [6.45, 7) is 6.20. The molecule has 0 amide bonds. The van der Waals surface area contributed by atoms with Gasteiger partial charge in [-0.3, -0.25) is 0 Å². The molecule has 0 aliphatic carbocycles. The number of ether oxygens (including phenoxy) is 1. The third-order valence-corrected chi connectivity index (χ3v) is 2.94. The lowest BCUT2D eigenvalue weighted by Gasteiger charge is -2.07. The second-order valence-corrected chi connectivity index (χ2v) is 4.62. The van der Waals surface area contributed by atoms with E-state index in [1.54, 1.807) is 6.92 Å². The van der Waals surface area contributed by atoms with Crippen LogP contribution in [0.2, 0.25) is 0 Å². The predicted molar refractivity (Wildman–Crippen MR) is 87.6 cm³/mol. The molecule has 0 aliphatic heterocycles. The molecule has 0 aliphatic rings. The number of benzene rings is 2. The third-order valence-electron chi connectivity index (χ3n) is 2.94. The molecule has 0 aromatic heterocycles. The Morgan fingerprint density at radius 2 is 1.52 bits per heavy atom. The highest BCUT2D eigenvalue weighted by atomic mass is 16.5. The van der Waals surface area contributed by atoms with Gasteiger partial charge in [0.1, 0.15) is 18.1 Å². The minimum absolute atomic E-state index is 0.226. The molecular weight excluding hydrogens is 260 g/mol. The van der Waals surface area contributed by atoms with Crippen molar-refractivity contribution in [1.82, 2.24) is 0 Å². The van der Waals surface area contributed by atoms with E-state index >= 15 is 0 Å². The molecule has 0 fully saturated rings. The van der Waals surface area contributed by atoms with E-state index in [1.807, 2.05) is 68.4 Å². The van der Waals surface area contributed by atoms with Crippen molar-refractivity contribution in [2.75, 3.05) is 0 Å². The molecule has 2 aromatic carbocycles. The van der Waals surface area contributed by atoms with Crippen LogP contribution in [0.25, 0.3) is 0 Å². The van der Waals surface area contributed by atoms with Crippen LogP contribution in [0.4, 0.5) is 0 Å². The van der Waals surface area contributed by atoms with E-state index in [0.29, 0.717) is 13.0 Å². The monoisotopic (exact) mass is 284 g/mol. The van der Waals surface area contributed by atoms with Gasteiger partial charge in [0.15, 0.2) is 0 Å². The van der Waals surface area contributed by atoms with E-state index in [4.69, 9.17) is 4.74 Å². The van der Waals surface area contributed by atoms with Gasteiger partial charge in [0.2, 0.25) is 0 Å². The summed E-state index contributed by atoms with van der Waals surface area (Å²) in [5.74, 6) is 1.08. The largest absolute Gasteiger partial charge is 0.489 e. The van der Waals surface area contributed by atoms with E-state index in [2.05, 4.69) is 0 Å². The van der Waals surface area contributed by atoms with Crippen molar-refractivity contribution in [3.63, 3.8) is 0 Å². The zero-order valence-corrected chi connectivity index (χ0v) is 13.1. The number of rotatable bonds is 6. The molecular formula is C19H24O2. The minimum Gasteiger partial charge on any atom is -0.489 e. The maximum Gasteiger partial charge on any atom is 0.130 e. The van der Waals surface area contributed by atoms with Gasteiger partial charge in [0.05, 0.1) is 0 Å². The van der Waals surface area contributed by atoms with Crippen molar-refractivity contribution in [2.45, 2.75) is 40.2 Å². The van der Waals surface area contributed by atoms with Gasteiger partial charge in [-0.25, -0.2) is 0 Å². The van der Waals surface area contributed by atoms with Crippen molar-refractivity contribution in [3.05, 3.63) is 65.7 Å². The summed E-state index contributed by atoms with van der Waals surface area (Å²) >= 11 is 0. The Bertz CT molecular complexity index is 515. The number of carbonyl (C=O) groups is 1. The fourth-order valence-corrected chi connectivity index (χ4v) is 1.81. The summed E-state index contributed by atoms with van der Waals surface area (Å²) in [5, 5.41) is 0. The van der Waals surface area contributed by atoms with Crippen LogP contribution in [0.5, 0.6) is 5.75 Å². The minimum atomic E-state index is 0.226. The van der Waals surface area contributed by atoms with Crippen LogP contribution in [0.3, 0.4) is 0 Å². The molecule has 0 saturated carbocycles. The van der Waals surface area contributed by atoms with Crippen LogP contribution in [0, 0.1) is 0 Å². The van der Waals surface area contributed by atoms with Gasteiger partial charge in [-0.1, -0.05) is 56.3 Å². The molecule has 2 aromatic rings. The molecule has 112 valence electrons. The van der Waals surface area contributed by atoms with Crippen molar-refractivity contribution in [1.29, 1.82) is 0 Å². The van der Waals surface area contributed by atoms with Crippen LogP contribution >= 0.6 is 0 Å². The number of ketones is 1. The van der Waals surface area contributed by atoms with E-state index in [9.17, 15) is 4.79 Å². The molecule has 21 heavy (non-hydrogen) atoms. The fourth-order valence-electron chi connectivity index (χ4n) is 1.81. The van der Waals surface area contributed by atoms with Gasteiger partial charge >= 0.3 is 0 Å².